The molecule has 0 spiro atoms. The number of rotatable bonds is 8. The third kappa shape index (κ3) is 3.79. The molecule has 0 bridgehead atoms. The molecule has 2 atom stereocenters. The van der Waals surface area contributed by atoms with E-state index in [-0.39, 0.29) is 16.6 Å². The molecule has 116 valence electrons. The molecule has 0 saturated carbocycles. The minimum atomic E-state index is -3.49. The summed E-state index contributed by atoms with van der Waals surface area (Å²) >= 11 is 0. The first-order valence-electron chi connectivity index (χ1n) is 7.23. The molecule has 1 aromatic carbocycles. The molecule has 1 heterocycles. The zero-order chi connectivity index (χ0) is 15.5. The SMILES string of the molecule is CCCCCCC1CN1S(=O)(=O)c1ccc([N+](=O)[O-])cc1. The van der Waals surface area contributed by atoms with Gasteiger partial charge >= 0.3 is 0 Å². The summed E-state index contributed by atoms with van der Waals surface area (Å²) in [5, 5.41) is 10.6. The molecule has 1 aromatic rings. The molecule has 0 aromatic heterocycles. The number of hydrogen-bond donors (Lipinski definition) is 0. The highest BCUT2D eigenvalue weighted by Crippen LogP contribution is 2.32. The molecule has 6 nitrogen and oxygen atoms in total. The lowest BCUT2D eigenvalue weighted by molar-refractivity contribution is -0.384. The molecule has 1 fully saturated rings. The van der Waals surface area contributed by atoms with Crippen LogP contribution in [0.4, 0.5) is 5.69 Å². The van der Waals surface area contributed by atoms with Gasteiger partial charge in [0.2, 0.25) is 10.0 Å². The topological polar surface area (TPSA) is 80.3 Å². The smallest absolute Gasteiger partial charge is 0.258 e. The Morgan fingerprint density at radius 1 is 1.24 bits per heavy atom. The molecule has 1 saturated heterocycles. The van der Waals surface area contributed by atoms with Crippen LogP contribution < -0.4 is 0 Å². The van der Waals surface area contributed by atoms with Gasteiger partial charge in [0.25, 0.3) is 5.69 Å². The van der Waals surface area contributed by atoms with Crippen molar-refractivity contribution in [1.29, 1.82) is 0 Å². The highest BCUT2D eigenvalue weighted by atomic mass is 32.2. The van der Waals surface area contributed by atoms with Gasteiger partial charge < -0.3 is 0 Å². The third-order valence-corrected chi connectivity index (χ3v) is 5.64. The molecule has 21 heavy (non-hydrogen) atoms. The predicted octanol–water partition coefficient (Wildman–Crippen LogP) is 2.94. The van der Waals surface area contributed by atoms with Crippen molar-refractivity contribution >= 4 is 15.7 Å². The minimum Gasteiger partial charge on any atom is -0.258 e. The quantitative estimate of drug-likeness (QED) is 0.320. The first kappa shape index (κ1) is 15.9. The molecule has 0 radical (unpaired) electrons. The lowest BCUT2D eigenvalue weighted by Crippen LogP contribution is -2.14. The summed E-state index contributed by atoms with van der Waals surface area (Å²) in [5.74, 6) is 0. The zero-order valence-corrected chi connectivity index (χ0v) is 12.9. The monoisotopic (exact) mass is 312 g/mol. The van der Waals surface area contributed by atoms with Crippen LogP contribution in [0, 0.1) is 10.1 Å². The van der Waals surface area contributed by atoms with Crippen molar-refractivity contribution in [3.8, 4) is 0 Å². The molecule has 1 aliphatic heterocycles. The summed E-state index contributed by atoms with van der Waals surface area (Å²) in [6.07, 6.45) is 5.42. The van der Waals surface area contributed by atoms with E-state index in [0.717, 1.165) is 25.7 Å². The van der Waals surface area contributed by atoms with Crippen LogP contribution in [0.5, 0.6) is 0 Å². The van der Waals surface area contributed by atoms with E-state index in [4.69, 9.17) is 0 Å². The Morgan fingerprint density at radius 3 is 2.48 bits per heavy atom. The van der Waals surface area contributed by atoms with E-state index >= 15 is 0 Å². The van der Waals surface area contributed by atoms with E-state index < -0.39 is 14.9 Å². The molecule has 1 aliphatic rings. The zero-order valence-electron chi connectivity index (χ0n) is 12.1. The van der Waals surface area contributed by atoms with Crippen molar-refractivity contribution in [1.82, 2.24) is 4.31 Å². The number of benzene rings is 1. The highest BCUT2D eigenvalue weighted by Gasteiger charge is 2.43. The van der Waals surface area contributed by atoms with E-state index in [0.29, 0.717) is 6.54 Å². The first-order chi connectivity index (χ1) is 9.96. The van der Waals surface area contributed by atoms with Gasteiger partial charge in [0, 0.05) is 24.7 Å². The second kappa shape index (κ2) is 6.53. The van der Waals surface area contributed by atoms with Gasteiger partial charge in [-0.05, 0) is 18.6 Å². The van der Waals surface area contributed by atoms with E-state index in [2.05, 4.69) is 6.92 Å². The number of unbranched alkanes of at least 4 members (excludes halogenated alkanes) is 3. The van der Waals surface area contributed by atoms with Crippen LogP contribution in [0.1, 0.15) is 39.0 Å². The van der Waals surface area contributed by atoms with Crippen LogP contribution in [-0.4, -0.2) is 30.2 Å². The number of non-ortho nitro benzene ring substituents is 1. The largest absolute Gasteiger partial charge is 0.269 e. The van der Waals surface area contributed by atoms with Crippen LogP contribution >= 0.6 is 0 Å². The Hall–Kier alpha value is -1.47. The van der Waals surface area contributed by atoms with E-state index in [1.54, 1.807) is 0 Å². The van der Waals surface area contributed by atoms with Crippen LogP contribution in [0.15, 0.2) is 29.2 Å². The maximum Gasteiger partial charge on any atom is 0.269 e. The van der Waals surface area contributed by atoms with Gasteiger partial charge in [-0.3, -0.25) is 10.1 Å². The van der Waals surface area contributed by atoms with Crippen molar-refractivity contribution in [3.63, 3.8) is 0 Å². The second-order valence-electron chi connectivity index (χ2n) is 5.33. The fraction of sp³-hybridized carbons (Fsp3) is 0.571. The minimum absolute atomic E-state index is 0.0991. The molecular weight excluding hydrogens is 292 g/mol. The molecule has 2 rings (SSSR count). The molecule has 0 aliphatic carbocycles. The van der Waals surface area contributed by atoms with Crippen LogP contribution in [0.2, 0.25) is 0 Å². The average Bonchev–Trinajstić information content (AvgIpc) is 3.24. The van der Waals surface area contributed by atoms with Gasteiger partial charge in [0.05, 0.1) is 9.82 Å². The van der Waals surface area contributed by atoms with E-state index in [1.807, 2.05) is 0 Å². The lowest BCUT2D eigenvalue weighted by atomic mass is 10.1. The molecule has 0 N–H and O–H groups in total. The fourth-order valence-corrected chi connectivity index (χ4v) is 3.99. The van der Waals surface area contributed by atoms with E-state index in [1.165, 1.54) is 35.0 Å². The number of nitro benzene ring substituents is 1. The van der Waals surface area contributed by atoms with Crippen molar-refractivity contribution in [2.45, 2.75) is 50.0 Å². The Kier molecular flexibility index (Phi) is 4.95. The lowest BCUT2D eigenvalue weighted by Gasteiger charge is -2.06. The maximum atomic E-state index is 12.3. The third-order valence-electron chi connectivity index (χ3n) is 3.71. The van der Waals surface area contributed by atoms with Crippen molar-refractivity contribution in [2.75, 3.05) is 6.54 Å². The molecule has 2 unspecified atom stereocenters. The Balaban J connectivity index is 1.95. The average molecular weight is 312 g/mol. The van der Waals surface area contributed by atoms with Gasteiger partial charge in [0.1, 0.15) is 0 Å². The maximum absolute atomic E-state index is 12.3. The van der Waals surface area contributed by atoms with Gasteiger partial charge in [-0.25, -0.2) is 8.42 Å². The summed E-state index contributed by atoms with van der Waals surface area (Å²) in [6, 6.07) is 5.17. The second-order valence-corrected chi connectivity index (χ2v) is 7.22. The highest BCUT2D eigenvalue weighted by molar-refractivity contribution is 7.89. The Bertz CT molecular complexity index is 598. The van der Waals surface area contributed by atoms with Crippen LogP contribution in [0.25, 0.3) is 0 Å². The fourth-order valence-electron chi connectivity index (χ4n) is 2.37. The number of hydrogen-bond acceptors (Lipinski definition) is 4. The number of nitrogens with zero attached hydrogens (tertiary/aromatic N) is 2. The van der Waals surface area contributed by atoms with Gasteiger partial charge in [-0.1, -0.05) is 32.6 Å². The normalized spacial score (nSPS) is 21.2. The summed E-state index contributed by atoms with van der Waals surface area (Å²) in [7, 11) is -3.49. The van der Waals surface area contributed by atoms with Crippen molar-refractivity contribution < 1.29 is 13.3 Å². The van der Waals surface area contributed by atoms with Gasteiger partial charge in [-0.2, -0.15) is 4.31 Å². The Morgan fingerprint density at radius 2 is 1.90 bits per heavy atom. The Labute approximate surface area is 125 Å². The molecule has 0 amide bonds. The number of sulfonamides is 1. The first-order valence-corrected chi connectivity index (χ1v) is 8.67. The summed E-state index contributed by atoms with van der Waals surface area (Å²) in [6.45, 7) is 2.70. The van der Waals surface area contributed by atoms with Crippen LogP contribution in [0.3, 0.4) is 0 Å². The standard InChI is InChI=1S/C14H20N2O4S/c1-2-3-4-5-6-13-11-15(13)21(19,20)14-9-7-12(8-10-14)16(17)18/h7-10,13H,2-6,11H2,1H3. The molecular formula is C14H20N2O4S. The van der Waals surface area contributed by atoms with Crippen molar-refractivity contribution in [3.05, 3.63) is 34.4 Å². The summed E-state index contributed by atoms with van der Waals surface area (Å²) in [5.41, 5.74) is -0.101. The predicted molar refractivity (Wildman–Crippen MR) is 79.5 cm³/mol. The summed E-state index contributed by atoms with van der Waals surface area (Å²) in [4.78, 5) is 10.2. The summed E-state index contributed by atoms with van der Waals surface area (Å²) < 4.78 is 26.1. The molecule has 7 heteroatoms. The van der Waals surface area contributed by atoms with Gasteiger partial charge in [0.15, 0.2) is 0 Å². The number of nitro groups is 1. The van der Waals surface area contributed by atoms with Crippen LogP contribution in [-0.2, 0) is 10.0 Å². The van der Waals surface area contributed by atoms with Gasteiger partial charge in [-0.15, -0.1) is 0 Å². The van der Waals surface area contributed by atoms with Crippen molar-refractivity contribution in [2.24, 2.45) is 0 Å². The van der Waals surface area contributed by atoms with E-state index in [9.17, 15) is 18.5 Å².